The fourth-order valence-corrected chi connectivity index (χ4v) is 4.35. The molecule has 0 N–H and O–H groups in total. The topological polar surface area (TPSA) is 95.8 Å². The third-order valence-electron chi connectivity index (χ3n) is 6.96. The van der Waals surface area contributed by atoms with Crippen LogP contribution in [0.2, 0.25) is 0 Å². The lowest BCUT2D eigenvalue weighted by Gasteiger charge is -2.09. The van der Waals surface area contributed by atoms with Crippen molar-refractivity contribution >= 4 is 23.3 Å². The second kappa shape index (κ2) is 18.5. The van der Waals surface area contributed by atoms with Gasteiger partial charge in [0.05, 0.1) is 30.0 Å². The van der Waals surface area contributed by atoms with Gasteiger partial charge in [0, 0.05) is 0 Å². The Morgan fingerprint density at radius 2 is 1.13 bits per heavy atom. The number of nitrogens with zero attached hydrogens (tertiary/aromatic N) is 2. The van der Waals surface area contributed by atoms with Crippen molar-refractivity contribution in [3.63, 3.8) is 0 Å². The average Bonchev–Trinajstić information content (AvgIpc) is 3.09. The fraction of sp³-hybridized carbons (Fsp3) is 0.231. The highest BCUT2D eigenvalue weighted by atomic mass is 16.5. The first-order valence-electron chi connectivity index (χ1n) is 15.7. The number of hydrogen-bond acceptors (Lipinski definition) is 8. The molecule has 0 heterocycles. The number of esters is 2. The summed E-state index contributed by atoms with van der Waals surface area (Å²) in [5, 5.41) is 8.63. The molecule has 8 nitrogen and oxygen atoms in total. The Morgan fingerprint density at radius 3 is 1.66 bits per heavy atom. The van der Waals surface area contributed by atoms with E-state index in [2.05, 4.69) is 23.4 Å². The molecule has 0 bridgehead atoms. The van der Waals surface area contributed by atoms with Crippen molar-refractivity contribution in [2.24, 2.45) is 10.2 Å². The van der Waals surface area contributed by atoms with Crippen LogP contribution < -0.4 is 18.9 Å². The van der Waals surface area contributed by atoms with Crippen molar-refractivity contribution in [3.05, 3.63) is 133 Å². The van der Waals surface area contributed by atoms with E-state index in [4.69, 9.17) is 18.9 Å². The van der Waals surface area contributed by atoms with Crippen LogP contribution in [0.4, 0.5) is 11.4 Å². The van der Waals surface area contributed by atoms with E-state index in [1.807, 2.05) is 25.1 Å². The van der Waals surface area contributed by atoms with Crippen LogP contribution in [-0.2, 0) is 0 Å². The van der Waals surface area contributed by atoms with Crippen molar-refractivity contribution in [2.45, 2.75) is 45.4 Å². The van der Waals surface area contributed by atoms with Gasteiger partial charge in [0.15, 0.2) is 5.75 Å². The predicted molar refractivity (Wildman–Crippen MR) is 184 cm³/mol. The van der Waals surface area contributed by atoms with Crippen LogP contribution in [0, 0.1) is 6.92 Å². The number of aryl methyl sites for hydroxylation is 1. The third-order valence-corrected chi connectivity index (χ3v) is 6.96. The molecular formula is C39H40N2O6. The molecule has 0 amide bonds. The number of carbonyl (C=O) groups is 2. The largest absolute Gasteiger partial charge is 0.494 e. The number of azo groups is 1. The molecule has 0 atom stereocenters. The highest BCUT2D eigenvalue weighted by Gasteiger charge is 2.13. The predicted octanol–water partition coefficient (Wildman–Crippen LogP) is 10.3. The lowest BCUT2D eigenvalue weighted by Crippen LogP contribution is -2.08. The second-order valence-corrected chi connectivity index (χ2v) is 10.8. The van der Waals surface area contributed by atoms with E-state index < -0.39 is 11.9 Å². The molecule has 47 heavy (non-hydrogen) atoms. The number of ether oxygens (including phenoxy) is 4. The molecule has 8 heteroatoms. The summed E-state index contributed by atoms with van der Waals surface area (Å²) < 4.78 is 22.6. The van der Waals surface area contributed by atoms with Crippen molar-refractivity contribution in [1.82, 2.24) is 0 Å². The maximum absolute atomic E-state index is 12.9. The zero-order valence-electron chi connectivity index (χ0n) is 26.7. The molecule has 4 rings (SSSR count). The summed E-state index contributed by atoms with van der Waals surface area (Å²) >= 11 is 0. The van der Waals surface area contributed by atoms with E-state index in [0.29, 0.717) is 53.0 Å². The minimum Gasteiger partial charge on any atom is -0.494 e. The van der Waals surface area contributed by atoms with Gasteiger partial charge >= 0.3 is 11.9 Å². The minimum atomic E-state index is -0.518. The zero-order chi connectivity index (χ0) is 33.3. The Balaban J connectivity index is 1.31. The quantitative estimate of drug-likeness (QED) is 0.0356. The molecule has 0 unspecified atom stereocenters. The highest BCUT2D eigenvalue weighted by Crippen LogP contribution is 2.31. The standard InChI is InChI=1S/C39H40N2O6/c1-4-6-8-10-26-44-33-19-13-30(14-20-33)38(42)46-35-23-17-32(18-24-35)40-41-36-28-29(3)12-25-37(36)47-39(43)31-15-21-34(22-16-31)45-27-11-9-7-5-2/h4-5,12-25,28H,1-2,6-11,26-27H2,3H3. The Morgan fingerprint density at radius 1 is 0.617 bits per heavy atom. The van der Waals surface area contributed by atoms with Gasteiger partial charge in [-0.15, -0.1) is 18.3 Å². The van der Waals surface area contributed by atoms with E-state index in [9.17, 15) is 9.59 Å². The van der Waals surface area contributed by atoms with Crippen LogP contribution in [-0.4, -0.2) is 25.2 Å². The first-order valence-corrected chi connectivity index (χ1v) is 15.7. The van der Waals surface area contributed by atoms with E-state index in [1.54, 1.807) is 84.9 Å². The minimum absolute atomic E-state index is 0.279. The van der Waals surface area contributed by atoms with E-state index in [1.165, 1.54) is 0 Å². The number of rotatable bonds is 18. The summed E-state index contributed by atoms with van der Waals surface area (Å²) in [4.78, 5) is 25.5. The van der Waals surface area contributed by atoms with Gasteiger partial charge < -0.3 is 18.9 Å². The van der Waals surface area contributed by atoms with Gasteiger partial charge in [0.1, 0.15) is 22.9 Å². The molecule has 0 aliphatic carbocycles. The summed E-state index contributed by atoms with van der Waals surface area (Å²) in [5.41, 5.74) is 2.65. The Bertz CT molecular complexity index is 1640. The molecule has 0 aliphatic rings. The average molecular weight is 633 g/mol. The van der Waals surface area contributed by atoms with E-state index >= 15 is 0 Å². The summed E-state index contributed by atoms with van der Waals surface area (Å²) in [6.07, 6.45) is 9.64. The molecule has 0 aromatic heterocycles. The molecule has 0 radical (unpaired) electrons. The molecule has 0 saturated heterocycles. The first kappa shape index (κ1) is 34.4. The van der Waals surface area contributed by atoms with Gasteiger partial charge in [-0.25, -0.2) is 9.59 Å². The SMILES string of the molecule is C=CCCCCOc1ccc(C(=O)Oc2ccc(N=Nc3cc(C)ccc3OC(=O)c3ccc(OCCCCC=C)cc3)cc2)cc1. The summed E-state index contributed by atoms with van der Waals surface area (Å²) in [5.74, 6) is 1.04. The van der Waals surface area contributed by atoms with Gasteiger partial charge in [0.2, 0.25) is 0 Å². The Hall–Kier alpha value is -5.50. The normalized spacial score (nSPS) is 10.7. The van der Waals surface area contributed by atoms with Crippen LogP contribution in [0.3, 0.4) is 0 Å². The molecule has 0 saturated carbocycles. The molecule has 0 fully saturated rings. The Kier molecular flexibility index (Phi) is 13.5. The Labute approximate surface area is 276 Å². The number of hydrogen-bond donors (Lipinski definition) is 0. The molecular weight excluding hydrogens is 592 g/mol. The van der Waals surface area contributed by atoms with Gasteiger partial charge in [-0.1, -0.05) is 18.2 Å². The molecule has 4 aromatic carbocycles. The van der Waals surface area contributed by atoms with Crippen molar-refractivity contribution in [2.75, 3.05) is 13.2 Å². The lowest BCUT2D eigenvalue weighted by atomic mass is 10.2. The van der Waals surface area contributed by atoms with E-state index in [-0.39, 0.29) is 5.75 Å². The van der Waals surface area contributed by atoms with Crippen molar-refractivity contribution in [3.8, 4) is 23.0 Å². The van der Waals surface area contributed by atoms with Crippen molar-refractivity contribution in [1.29, 1.82) is 0 Å². The highest BCUT2D eigenvalue weighted by molar-refractivity contribution is 5.92. The molecule has 242 valence electrons. The van der Waals surface area contributed by atoms with Crippen molar-refractivity contribution < 1.29 is 28.5 Å². The summed E-state index contributed by atoms with van der Waals surface area (Å²) in [6, 6.07) is 25.6. The van der Waals surface area contributed by atoms with Gasteiger partial charge in [-0.05, 0) is 136 Å². The zero-order valence-corrected chi connectivity index (χ0v) is 26.7. The molecule has 0 spiro atoms. The van der Waals surface area contributed by atoms with Crippen LogP contribution in [0.5, 0.6) is 23.0 Å². The van der Waals surface area contributed by atoms with E-state index in [0.717, 1.165) is 44.1 Å². The van der Waals surface area contributed by atoms with Crippen LogP contribution >= 0.6 is 0 Å². The van der Waals surface area contributed by atoms with Gasteiger partial charge in [-0.2, -0.15) is 5.11 Å². The van der Waals surface area contributed by atoms with Crippen LogP contribution in [0.15, 0.2) is 127 Å². The molecule has 4 aromatic rings. The lowest BCUT2D eigenvalue weighted by molar-refractivity contribution is 0.0725. The van der Waals surface area contributed by atoms with Crippen LogP contribution in [0.25, 0.3) is 0 Å². The smallest absolute Gasteiger partial charge is 0.343 e. The number of allylic oxidation sites excluding steroid dienone is 2. The second-order valence-electron chi connectivity index (χ2n) is 10.8. The third kappa shape index (κ3) is 11.4. The maximum Gasteiger partial charge on any atom is 0.343 e. The number of unbranched alkanes of at least 4 members (excludes halogenated alkanes) is 4. The maximum atomic E-state index is 12.9. The van der Waals surface area contributed by atoms with Gasteiger partial charge in [-0.3, -0.25) is 0 Å². The molecule has 0 aliphatic heterocycles. The first-order chi connectivity index (χ1) is 22.9. The summed E-state index contributed by atoms with van der Waals surface area (Å²) in [7, 11) is 0. The summed E-state index contributed by atoms with van der Waals surface area (Å²) in [6.45, 7) is 10.6. The fourth-order valence-electron chi connectivity index (χ4n) is 4.35. The van der Waals surface area contributed by atoms with Crippen LogP contribution in [0.1, 0.15) is 64.8 Å². The monoisotopic (exact) mass is 632 g/mol. The number of benzene rings is 4. The van der Waals surface area contributed by atoms with Gasteiger partial charge in [0.25, 0.3) is 0 Å². The number of carbonyl (C=O) groups excluding carboxylic acids is 2.